The van der Waals surface area contributed by atoms with E-state index in [4.69, 9.17) is 10.00 Å². The molecular weight excluding hydrogens is 156 g/mol. The Morgan fingerprint density at radius 2 is 2.58 bits per heavy atom. The van der Waals surface area contributed by atoms with Crippen LogP contribution in [0.15, 0.2) is 0 Å². The fourth-order valence-corrected chi connectivity index (χ4v) is 1.33. The largest absolute Gasteiger partial charge is 0.378 e. The third kappa shape index (κ3) is 1.95. The first-order valence-electron chi connectivity index (χ1n) is 4.02. The number of amides is 1. The highest BCUT2D eigenvalue weighted by molar-refractivity contribution is 5.79. The first-order valence-corrected chi connectivity index (χ1v) is 4.02. The summed E-state index contributed by atoms with van der Waals surface area (Å²) in [5.41, 5.74) is 0. The highest BCUT2D eigenvalue weighted by Crippen LogP contribution is 2.19. The lowest BCUT2D eigenvalue weighted by molar-refractivity contribution is -0.126. The molecule has 0 aromatic heterocycles. The highest BCUT2D eigenvalue weighted by atomic mass is 16.5. The molecular formula is C8H12N2O2. The number of hydrogen-bond donors (Lipinski definition) is 1. The first-order chi connectivity index (χ1) is 5.75. The normalized spacial score (nSPS) is 28.0. The van der Waals surface area contributed by atoms with Crippen LogP contribution in [0.3, 0.4) is 0 Å². The molecule has 0 bridgehead atoms. The van der Waals surface area contributed by atoms with E-state index in [-0.39, 0.29) is 24.5 Å². The Kier molecular flexibility index (Phi) is 3.06. The van der Waals surface area contributed by atoms with Gasteiger partial charge in [-0.25, -0.2) is 0 Å². The van der Waals surface area contributed by atoms with Crippen molar-refractivity contribution < 1.29 is 9.53 Å². The standard InChI is InChI=1S/C8H12N2O2/c1-6-7(2-5-12-6)8(11)10-4-3-9/h6-7H,2,4-5H2,1H3,(H,10,11). The minimum Gasteiger partial charge on any atom is -0.378 e. The predicted octanol–water partition coefficient (Wildman–Crippen LogP) is 0.0512. The quantitative estimate of drug-likeness (QED) is 0.593. The molecule has 1 rings (SSSR count). The Bertz CT molecular complexity index is 210. The Balaban J connectivity index is 2.37. The van der Waals surface area contributed by atoms with Gasteiger partial charge in [-0.1, -0.05) is 0 Å². The second-order valence-corrected chi connectivity index (χ2v) is 2.85. The molecule has 1 N–H and O–H groups in total. The lowest BCUT2D eigenvalue weighted by Gasteiger charge is -2.11. The van der Waals surface area contributed by atoms with Crippen LogP contribution in [-0.2, 0) is 9.53 Å². The fourth-order valence-electron chi connectivity index (χ4n) is 1.33. The van der Waals surface area contributed by atoms with Crippen molar-refractivity contribution in [2.24, 2.45) is 5.92 Å². The molecule has 1 aliphatic heterocycles. The Hall–Kier alpha value is -1.08. The van der Waals surface area contributed by atoms with Gasteiger partial charge in [-0.3, -0.25) is 4.79 Å². The van der Waals surface area contributed by atoms with Crippen LogP contribution in [0, 0.1) is 17.2 Å². The van der Waals surface area contributed by atoms with E-state index in [0.29, 0.717) is 6.61 Å². The molecule has 1 fully saturated rings. The van der Waals surface area contributed by atoms with Gasteiger partial charge in [-0.2, -0.15) is 5.26 Å². The molecule has 0 spiro atoms. The molecule has 2 unspecified atom stereocenters. The van der Waals surface area contributed by atoms with Gasteiger partial charge in [0.25, 0.3) is 0 Å². The van der Waals surface area contributed by atoms with E-state index in [1.807, 2.05) is 13.0 Å². The summed E-state index contributed by atoms with van der Waals surface area (Å²) in [6.07, 6.45) is 0.752. The van der Waals surface area contributed by atoms with E-state index >= 15 is 0 Å². The molecule has 0 aromatic rings. The number of hydrogen-bond acceptors (Lipinski definition) is 3. The third-order valence-corrected chi connectivity index (χ3v) is 2.05. The molecule has 66 valence electrons. The van der Waals surface area contributed by atoms with Crippen molar-refractivity contribution in [2.75, 3.05) is 13.2 Å². The molecule has 4 nitrogen and oxygen atoms in total. The summed E-state index contributed by atoms with van der Waals surface area (Å²) in [5, 5.41) is 10.8. The molecule has 0 radical (unpaired) electrons. The maximum Gasteiger partial charge on any atom is 0.226 e. The SMILES string of the molecule is CC1OCCC1C(=O)NCC#N. The van der Waals surface area contributed by atoms with Gasteiger partial charge >= 0.3 is 0 Å². The van der Waals surface area contributed by atoms with Gasteiger partial charge in [0.15, 0.2) is 0 Å². The number of nitriles is 1. The summed E-state index contributed by atoms with van der Waals surface area (Å²) < 4.78 is 5.22. The second kappa shape index (κ2) is 4.07. The fraction of sp³-hybridized carbons (Fsp3) is 0.750. The minimum atomic E-state index is -0.0710. The number of nitrogens with one attached hydrogen (secondary N) is 1. The summed E-state index contributed by atoms with van der Waals surface area (Å²) in [4.78, 5) is 11.3. The topological polar surface area (TPSA) is 62.1 Å². The summed E-state index contributed by atoms with van der Waals surface area (Å²) in [6, 6.07) is 1.86. The van der Waals surface area contributed by atoms with Crippen molar-refractivity contribution in [1.82, 2.24) is 5.32 Å². The monoisotopic (exact) mass is 168 g/mol. The number of ether oxygens (including phenoxy) is 1. The summed E-state index contributed by atoms with van der Waals surface area (Å²) in [7, 11) is 0. The Morgan fingerprint density at radius 3 is 3.08 bits per heavy atom. The average Bonchev–Trinajstić information content (AvgIpc) is 2.47. The van der Waals surface area contributed by atoms with Crippen molar-refractivity contribution in [2.45, 2.75) is 19.4 Å². The number of rotatable bonds is 2. The third-order valence-electron chi connectivity index (χ3n) is 2.05. The van der Waals surface area contributed by atoms with E-state index in [1.54, 1.807) is 0 Å². The van der Waals surface area contributed by atoms with Crippen LogP contribution in [0.1, 0.15) is 13.3 Å². The molecule has 1 aliphatic rings. The van der Waals surface area contributed by atoms with Crippen LogP contribution in [-0.4, -0.2) is 25.2 Å². The van der Waals surface area contributed by atoms with Crippen LogP contribution >= 0.6 is 0 Å². The van der Waals surface area contributed by atoms with Crippen molar-refractivity contribution in [3.63, 3.8) is 0 Å². The van der Waals surface area contributed by atoms with Crippen LogP contribution in [0.2, 0.25) is 0 Å². The van der Waals surface area contributed by atoms with Gasteiger partial charge in [0, 0.05) is 6.61 Å². The zero-order valence-electron chi connectivity index (χ0n) is 7.04. The van der Waals surface area contributed by atoms with E-state index in [0.717, 1.165) is 6.42 Å². The van der Waals surface area contributed by atoms with E-state index in [9.17, 15) is 4.79 Å². The Labute approximate surface area is 71.5 Å². The molecule has 1 saturated heterocycles. The second-order valence-electron chi connectivity index (χ2n) is 2.85. The smallest absolute Gasteiger partial charge is 0.226 e. The molecule has 0 aliphatic carbocycles. The maximum atomic E-state index is 11.3. The summed E-state index contributed by atoms with van der Waals surface area (Å²) in [5.74, 6) is -0.139. The zero-order valence-corrected chi connectivity index (χ0v) is 7.04. The van der Waals surface area contributed by atoms with Crippen molar-refractivity contribution in [1.29, 1.82) is 5.26 Å². The van der Waals surface area contributed by atoms with Gasteiger partial charge in [0.1, 0.15) is 6.54 Å². The van der Waals surface area contributed by atoms with E-state index in [2.05, 4.69) is 5.32 Å². The molecule has 0 aromatic carbocycles. The lowest BCUT2D eigenvalue weighted by Crippen LogP contribution is -2.34. The maximum absolute atomic E-state index is 11.3. The van der Waals surface area contributed by atoms with E-state index in [1.165, 1.54) is 0 Å². The molecule has 1 amide bonds. The predicted molar refractivity (Wildman–Crippen MR) is 42.1 cm³/mol. The number of carbonyl (C=O) groups excluding carboxylic acids is 1. The molecule has 4 heteroatoms. The van der Waals surface area contributed by atoms with Crippen LogP contribution in [0.4, 0.5) is 0 Å². The molecule has 12 heavy (non-hydrogen) atoms. The zero-order chi connectivity index (χ0) is 8.97. The summed E-state index contributed by atoms with van der Waals surface area (Å²) in [6.45, 7) is 2.61. The lowest BCUT2D eigenvalue weighted by atomic mass is 10.0. The van der Waals surface area contributed by atoms with Crippen molar-refractivity contribution in [3.8, 4) is 6.07 Å². The van der Waals surface area contributed by atoms with Gasteiger partial charge in [-0.05, 0) is 13.3 Å². The van der Waals surface area contributed by atoms with Gasteiger partial charge in [0.2, 0.25) is 5.91 Å². The average molecular weight is 168 g/mol. The van der Waals surface area contributed by atoms with Gasteiger partial charge in [-0.15, -0.1) is 0 Å². The van der Waals surface area contributed by atoms with Gasteiger partial charge in [0.05, 0.1) is 18.1 Å². The van der Waals surface area contributed by atoms with Crippen LogP contribution in [0.25, 0.3) is 0 Å². The first kappa shape index (κ1) is 9.01. The molecule has 1 heterocycles. The number of carbonyl (C=O) groups is 1. The molecule has 0 saturated carbocycles. The summed E-state index contributed by atoms with van der Waals surface area (Å²) >= 11 is 0. The van der Waals surface area contributed by atoms with E-state index < -0.39 is 0 Å². The van der Waals surface area contributed by atoms with Crippen LogP contribution < -0.4 is 5.32 Å². The molecule has 2 atom stereocenters. The number of nitrogens with zero attached hydrogens (tertiary/aromatic N) is 1. The Morgan fingerprint density at radius 1 is 1.83 bits per heavy atom. The minimum absolute atomic E-state index is 0.0105. The van der Waals surface area contributed by atoms with Crippen LogP contribution in [0.5, 0.6) is 0 Å². The van der Waals surface area contributed by atoms with Gasteiger partial charge < -0.3 is 10.1 Å². The van der Waals surface area contributed by atoms with Crippen molar-refractivity contribution in [3.05, 3.63) is 0 Å². The highest BCUT2D eigenvalue weighted by Gasteiger charge is 2.30. The van der Waals surface area contributed by atoms with Crippen molar-refractivity contribution >= 4 is 5.91 Å².